The van der Waals surface area contributed by atoms with Crippen molar-refractivity contribution >= 4 is 23.7 Å². The first-order valence-electron chi connectivity index (χ1n) is 5.66. The summed E-state index contributed by atoms with van der Waals surface area (Å²) < 4.78 is 9.67. The summed E-state index contributed by atoms with van der Waals surface area (Å²) in [6.07, 6.45) is 0. The molecule has 0 spiro atoms. The van der Waals surface area contributed by atoms with Crippen LogP contribution in [0.3, 0.4) is 0 Å². The Bertz CT molecular complexity index is 443. The van der Waals surface area contributed by atoms with Crippen LogP contribution in [-0.2, 0) is 9.47 Å². The normalized spacial score (nSPS) is 9.94. The van der Waals surface area contributed by atoms with E-state index in [1.165, 1.54) is 18.9 Å². The molecule has 0 unspecified atom stereocenters. The van der Waals surface area contributed by atoms with Crippen molar-refractivity contribution in [2.75, 3.05) is 19.5 Å². The number of carbonyl (C=O) groups is 2. The van der Waals surface area contributed by atoms with Crippen molar-refractivity contribution < 1.29 is 19.1 Å². The van der Waals surface area contributed by atoms with Crippen LogP contribution < -0.4 is 0 Å². The van der Waals surface area contributed by atoms with Crippen LogP contribution in [0.2, 0.25) is 0 Å². The lowest BCUT2D eigenvalue weighted by Gasteiger charge is -2.11. The molecular weight excluding hydrogens is 252 g/mol. The van der Waals surface area contributed by atoms with Gasteiger partial charge in [-0.05, 0) is 24.8 Å². The summed E-state index contributed by atoms with van der Waals surface area (Å²) in [4.78, 5) is 24.3. The van der Waals surface area contributed by atoms with Gasteiger partial charge in [-0.25, -0.2) is 9.59 Å². The SMILES string of the molecule is CCOC(=O)c1cccc(SCC)c1C(=O)OC. The van der Waals surface area contributed by atoms with E-state index in [-0.39, 0.29) is 17.7 Å². The standard InChI is InChI=1S/C13H16O4S/c1-4-17-12(14)9-7-6-8-10(18-5-2)11(9)13(15)16-3/h6-8H,4-5H2,1-3H3. The van der Waals surface area contributed by atoms with Gasteiger partial charge in [-0.2, -0.15) is 0 Å². The molecule has 98 valence electrons. The molecule has 0 saturated heterocycles. The maximum atomic E-state index is 11.8. The zero-order chi connectivity index (χ0) is 13.5. The lowest BCUT2D eigenvalue weighted by Crippen LogP contribution is -2.14. The number of thioether (sulfide) groups is 1. The molecular formula is C13H16O4S. The highest BCUT2D eigenvalue weighted by atomic mass is 32.2. The Hall–Kier alpha value is -1.49. The van der Waals surface area contributed by atoms with E-state index in [4.69, 9.17) is 9.47 Å². The lowest BCUT2D eigenvalue weighted by molar-refractivity contribution is 0.0502. The molecule has 0 N–H and O–H groups in total. The monoisotopic (exact) mass is 268 g/mol. The summed E-state index contributed by atoms with van der Waals surface area (Å²) >= 11 is 1.49. The molecule has 0 radical (unpaired) electrons. The average molecular weight is 268 g/mol. The minimum atomic E-state index is -0.519. The lowest BCUT2D eigenvalue weighted by atomic mass is 10.1. The summed E-state index contributed by atoms with van der Waals surface area (Å²) in [7, 11) is 1.30. The van der Waals surface area contributed by atoms with Gasteiger partial charge in [-0.1, -0.05) is 13.0 Å². The van der Waals surface area contributed by atoms with Gasteiger partial charge in [0, 0.05) is 4.90 Å². The molecule has 0 aromatic heterocycles. The predicted octanol–water partition coefficient (Wildman–Crippen LogP) is 2.76. The first-order chi connectivity index (χ1) is 8.65. The van der Waals surface area contributed by atoms with Crippen LogP contribution in [0.15, 0.2) is 23.1 Å². The highest BCUT2D eigenvalue weighted by Gasteiger charge is 2.22. The van der Waals surface area contributed by atoms with Gasteiger partial charge < -0.3 is 9.47 Å². The fourth-order valence-corrected chi connectivity index (χ4v) is 2.32. The number of ether oxygens (including phenoxy) is 2. The van der Waals surface area contributed by atoms with Crippen molar-refractivity contribution in [3.8, 4) is 0 Å². The topological polar surface area (TPSA) is 52.6 Å². The molecule has 18 heavy (non-hydrogen) atoms. The molecule has 1 aromatic rings. The third-order valence-electron chi connectivity index (χ3n) is 2.21. The number of carbonyl (C=O) groups excluding carboxylic acids is 2. The second-order valence-electron chi connectivity index (χ2n) is 3.32. The Labute approximate surface area is 111 Å². The number of methoxy groups -OCH3 is 1. The van der Waals surface area contributed by atoms with Crippen molar-refractivity contribution in [3.05, 3.63) is 29.3 Å². The van der Waals surface area contributed by atoms with Crippen LogP contribution >= 0.6 is 11.8 Å². The fraction of sp³-hybridized carbons (Fsp3) is 0.385. The molecule has 1 aromatic carbocycles. The van der Waals surface area contributed by atoms with Crippen LogP contribution in [0.5, 0.6) is 0 Å². The van der Waals surface area contributed by atoms with Crippen molar-refractivity contribution in [1.29, 1.82) is 0 Å². The molecule has 0 aliphatic heterocycles. The molecule has 0 heterocycles. The number of esters is 2. The van der Waals surface area contributed by atoms with Gasteiger partial charge in [0.15, 0.2) is 0 Å². The van der Waals surface area contributed by atoms with Crippen molar-refractivity contribution in [1.82, 2.24) is 0 Å². The van der Waals surface area contributed by atoms with Gasteiger partial charge >= 0.3 is 11.9 Å². The largest absolute Gasteiger partial charge is 0.465 e. The van der Waals surface area contributed by atoms with E-state index in [0.29, 0.717) is 0 Å². The van der Waals surface area contributed by atoms with Crippen LogP contribution in [0.1, 0.15) is 34.6 Å². The number of rotatable bonds is 5. The van der Waals surface area contributed by atoms with Crippen molar-refractivity contribution in [2.45, 2.75) is 18.7 Å². The molecule has 0 atom stereocenters. The maximum absolute atomic E-state index is 11.8. The van der Waals surface area contributed by atoms with Crippen molar-refractivity contribution in [3.63, 3.8) is 0 Å². The maximum Gasteiger partial charge on any atom is 0.339 e. The summed E-state index contributed by atoms with van der Waals surface area (Å²) in [5.74, 6) is -0.220. The van der Waals surface area contributed by atoms with Crippen LogP contribution in [0.4, 0.5) is 0 Å². The summed E-state index contributed by atoms with van der Waals surface area (Å²) in [6.45, 7) is 3.97. The first kappa shape index (κ1) is 14.6. The zero-order valence-electron chi connectivity index (χ0n) is 10.7. The van der Waals surface area contributed by atoms with Gasteiger partial charge in [-0.3, -0.25) is 0 Å². The summed E-state index contributed by atoms with van der Waals surface area (Å²) in [5, 5.41) is 0. The Morgan fingerprint density at radius 1 is 1.22 bits per heavy atom. The number of hydrogen-bond donors (Lipinski definition) is 0. The van der Waals surface area contributed by atoms with Gasteiger partial charge in [0.25, 0.3) is 0 Å². The Morgan fingerprint density at radius 3 is 2.50 bits per heavy atom. The predicted molar refractivity (Wildman–Crippen MR) is 70.1 cm³/mol. The van der Waals surface area contributed by atoms with Crippen LogP contribution in [0.25, 0.3) is 0 Å². The minimum absolute atomic E-state index is 0.252. The highest BCUT2D eigenvalue weighted by Crippen LogP contribution is 2.26. The molecule has 0 aliphatic carbocycles. The Balaban J connectivity index is 3.27. The number of hydrogen-bond acceptors (Lipinski definition) is 5. The molecule has 0 amide bonds. The average Bonchev–Trinajstić information content (AvgIpc) is 2.38. The molecule has 0 bridgehead atoms. The van der Waals surface area contributed by atoms with E-state index < -0.39 is 11.9 Å². The third-order valence-corrected chi connectivity index (χ3v) is 3.15. The minimum Gasteiger partial charge on any atom is -0.465 e. The number of benzene rings is 1. The van der Waals surface area contributed by atoms with Gasteiger partial charge in [0.2, 0.25) is 0 Å². The Kier molecular flexibility index (Phi) is 5.71. The molecule has 0 saturated carbocycles. The van der Waals surface area contributed by atoms with E-state index in [1.807, 2.05) is 6.92 Å². The van der Waals surface area contributed by atoms with E-state index in [1.54, 1.807) is 25.1 Å². The molecule has 4 nitrogen and oxygen atoms in total. The van der Waals surface area contributed by atoms with Crippen LogP contribution in [-0.4, -0.2) is 31.4 Å². The van der Waals surface area contributed by atoms with E-state index in [9.17, 15) is 9.59 Å². The Morgan fingerprint density at radius 2 is 1.94 bits per heavy atom. The zero-order valence-corrected chi connectivity index (χ0v) is 11.5. The smallest absolute Gasteiger partial charge is 0.339 e. The molecule has 0 fully saturated rings. The van der Waals surface area contributed by atoms with Crippen LogP contribution in [0, 0.1) is 0 Å². The van der Waals surface area contributed by atoms with E-state index in [2.05, 4.69) is 0 Å². The van der Waals surface area contributed by atoms with E-state index in [0.717, 1.165) is 10.6 Å². The molecule has 1 rings (SSSR count). The fourth-order valence-electron chi connectivity index (χ4n) is 1.50. The highest BCUT2D eigenvalue weighted by molar-refractivity contribution is 7.99. The van der Waals surface area contributed by atoms with Gasteiger partial charge in [0.1, 0.15) is 0 Å². The summed E-state index contributed by atoms with van der Waals surface area (Å²) in [6, 6.07) is 5.10. The first-order valence-corrected chi connectivity index (χ1v) is 6.65. The second kappa shape index (κ2) is 7.06. The summed E-state index contributed by atoms with van der Waals surface area (Å²) in [5.41, 5.74) is 0.535. The molecule has 0 aliphatic rings. The second-order valence-corrected chi connectivity index (χ2v) is 4.63. The molecule has 5 heteroatoms. The van der Waals surface area contributed by atoms with Gasteiger partial charge in [-0.15, -0.1) is 11.8 Å². The third kappa shape index (κ3) is 3.26. The van der Waals surface area contributed by atoms with Gasteiger partial charge in [0.05, 0.1) is 24.8 Å². The van der Waals surface area contributed by atoms with Crippen molar-refractivity contribution in [2.24, 2.45) is 0 Å². The van der Waals surface area contributed by atoms with E-state index >= 15 is 0 Å². The quantitative estimate of drug-likeness (QED) is 0.607.